The Labute approximate surface area is 139 Å². The molecule has 3 N–H and O–H groups in total. The maximum absolute atomic E-state index is 12.0. The van der Waals surface area contributed by atoms with E-state index in [0.717, 1.165) is 30.6 Å². The molecule has 0 bridgehead atoms. The molecule has 0 atom stereocenters. The molecule has 7 heteroatoms. The highest BCUT2D eigenvalue weighted by Crippen LogP contribution is 2.21. The molecule has 1 amide bonds. The molecule has 3 rings (SSSR count). The molecule has 0 radical (unpaired) electrons. The van der Waals surface area contributed by atoms with Crippen molar-refractivity contribution in [3.05, 3.63) is 23.4 Å². The Kier molecular flexibility index (Phi) is 5.40. The summed E-state index contributed by atoms with van der Waals surface area (Å²) < 4.78 is 5.23. The largest absolute Gasteiger partial charge is 0.353 e. The average Bonchev–Trinajstić information content (AvgIpc) is 3.20. The summed E-state index contributed by atoms with van der Waals surface area (Å²) in [6.07, 6.45) is 5.79. The van der Waals surface area contributed by atoms with E-state index in [2.05, 4.69) is 15.5 Å². The zero-order chi connectivity index (χ0) is 16.1. The van der Waals surface area contributed by atoms with Gasteiger partial charge in [-0.3, -0.25) is 4.79 Å². The number of hydrogen-bond donors (Lipinski definition) is 2. The van der Waals surface area contributed by atoms with Gasteiger partial charge in [-0.25, -0.2) is 0 Å². The van der Waals surface area contributed by atoms with E-state index in [-0.39, 0.29) is 11.9 Å². The molecule has 0 saturated heterocycles. The number of carbonyl (C=O) groups excluding carboxylic acids is 1. The molecule has 1 fully saturated rings. The molecule has 2 aromatic rings. The van der Waals surface area contributed by atoms with Crippen LogP contribution < -0.4 is 11.1 Å². The molecule has 6 nitrogen and oxygen atoms in total. The summed E-state index contributed by atoms with van der Waals surface area (Å²) in [6, 6.07) is 4.51. The minimum absolute atomic E-state index is 0.100. The van der Waals surface area contributed by atoms with Gasteiger partial charge in [0.2, 0.25) is 17.6 Å². The lowest BCUT2D eigenvalue weighted by Crippen LogP contribution is -2.40. The van der Waals surface area contributed by atoms with Crippen LogP contribution >= 0.6 is 11.3 Å². The van der Waals surface area contributed by atoms with Crippen LogP contribution in [0.25, 0.3) is 10.7 Å². The van der Waals surface area contributed by atoms with Crippen molar-refractivity contribution in [2.24, 2.45) is 5.73 Å². The van der Waals surface area contributed by atoms with E-state index in [1.165, 1.54) is 0 Å². The van der Waals surface area contributed by atoms with Gasteiger partial charge in [0.25, 0.3) is 0 Å². The van der Waals surface area contributed by atoms with Crippen molar-refractivity contribution in [3.8, 4) is 10.7 Å². The Morgan fingerprint density at radius 1 is 1.39 bits per heavy atom. The molecule has 2 aromatic heterocycles. The van der Waals surface area contributed by atoms with E-state index in [4.69, 9.17) is 10.3 Å². The van der Waals surface area contributed by atoms with Gasteiger partial charge < -0.3 is 15.6 Å². The van der Waals surface area contributed by atoms with Crippen molar-refractivity contribution in [1.29, 1.82) is 0 Å². The molecule has 0 unspecified atom stereocenters. The van der Waals surface area contributed by atoms with Crippen LogP contribution in [-0.4, -0.2) is 28.1 Å². The Bertz CT molecular complexity index is 618. The molecule has 124 valence electrons. The van der Waals surface area contributed by atoms with Crippen molar-refractivity contribution in [1.82, 2.24) is 15.5 Å². The fourth-order valence-corrected chi connectivity index (χ4v) is 3.48. The van der Waals surface area contributed by atoms with Gasteiger partial charge in [-0.05, 0) is 43.6 Å². The van der Waals surface area contributed by atoms with Crippen LogP contribution in [0.3, 0.4) is 0 Å². The van der Waals surface area contributed by atoms with Gasteiger partial charge >= 0.3 is 0 Å². The van der Waals surface area contributed by atoms with Crippen molar-refractivity contribution in [3.63, 3.8) is 0 Å². The van der Waals surface area contributed by atoms with E-state index in [1.54, 1.807) is 11.3 Å². The summed E-state index contributed by atoms with van der Waals surface area (Å²) in [7, 11) is 0. The van der Waals surface area contributed by atoms with E-state index in [9.17, 15) is 4.79 Å². The van der Waals surface area contributed by atoms with Gasteiger partial charge in [-0.2, -0.15) is 4.98 Å². The van der Waals surface area contributed by atoms with E-state index in [0.29, 0.717) is 37.0 Å². The summed E-state index contributed by atoms with van der Waals surface area (Å²) in [4.78, 5) is 17.3. The summed E-state index contributed by atoms with van der Waals surface area (Å²) >= 11 is 1.58. The lowest BCUT2D eigenvalue weighted by Gasteiger charge is -2.26. The van der Waals surface area contributed by atoms with Gasteiger partial charge in [-0.15, -0.1) is 11.3 Å². The third kappa shape index (κ3) is 4.62. The highest BCUT2D eigenvalue weighted by molar-refractivity contribution is 7.13. The predicted octanol–water partition coefficient (Wildman–Crippen LogP) is 2.51. The molecule has 0 spiro atoms. The summed E-state index contributed by atoms with van der Waals surface area (Å²) in [5.41, 5.74) is 5.87. The van der Waals surface area contributed by atoms with E-state index in [1.807, 2.05) is 17.5 Å². The fraction of sp³-hybridized carbons (Fsp3) is 0.562. The van der Waals surface area contributed by atoms with E-state index < -0.39 is 0 Å². The van der Waals surface area contributed by atoms with Gasteiger partial charge in [0.15, 0.2) is 0 Å². The van der Waals surface area contributed by atoms with Crippen LogP contribution in [0.5, 0.6) is 0 Å². The monoisotopic (exact) mass is 334 g/mol. The van der Waals surface area contributed by atoms with Crippen molar-refractivity contribution in [2.75, 3.05) is 0 Å². The zero-order valence-corrected chi connectivity index (χ0v) is 13.8. The Morgan fingerprint density at radius 2 is 2.22 bits per heavy atom. The topological polar surface area (TPSA) is 94.0 Å². The number of rotatable bonds is 6. The van der Waals surface area contributed by atoms with Crippen molar-refractivity contribution in [2.45, 2.75) is 57.0 Å². The van der Waals surface area contributed by atoms with E-state index >= 15 is 0 Å². The molecular formula is C16H22N4O2S. The quantitative estimate of drug-likeness (QED) is 0.846. The molecule has 2 heterocycles. The number of amides is 1. The van der Waals surface area contributed by atoms with Crippen LogP contribution in [0.2, 0.25) is 0 Å². The third-order valence-electron chi connectivity index (χ3n) is 4.14. The Balaban J connectivity index is 1.38. The van der Waals surface area contributed by atoms with Gasteiger partial charge in [-0.1, -0.05) is 11.2 Å². The minimum Gasteiger partial charge on any atom is -0.353 e. The molecule has 1 aliphatic rings. The molecule has 0 aromatic carbocycles. The zero-order valence-electron chi connectivity index (χ0n) is 13.0. The number of hydrogen-bond acceptors (Lipinski definition) is 6. The molecule has 1 saturated carbocycles. The SMILES string of the molecule is NC1CCC(NC(=O)CCCc2nc(-c3cccs3)no2)CC1. The Morgan fingerprint density at radius 3 is 2.96 bits per heavy atom. The average molecular weight is 334 g/mol. The highest BCUT2D eigenvalue weighted by Gasteiger charge is 2.19. The first-order chi connectivity index (χ1) is 11.2. The lowest BCUT2D eigenvalue weighted by molar-refractivity contribution is -0.122. The second-order valence-electron chi connectivity index (χ2n) is 6.02. The minimum atomic E-state index is 0.100. The smallest absolute Gasteiger partial charge is 0.226 e. The number of carbonyl (C=O) groups is 1. The summed E-state index contributed by atoms with van der Waals surface area (Å²) in [6.45, 7) is 0. The molecule has 0 aliphatic heterocycles. The van der Waals surface area contributed by atoms with Crippen LogP contribution in [0.1, 0.15) is 44.4 Å². The molecule has 1 aliphatic carbocycles. The predicted molar refractivity (Wildman–Crippen MR) is 88.9 cm³/mol. The maximum atomic E-state index is 12.0. The summed E-state index contributed by atoms with van der Waals surface area (Å²) in [5.74, 6) is 1.31. The van der Waals surface area contributed by atoms with Crippen LogP contribution in [-0.2, 0) is 11.2 Å². The number of nitrogens with two attached hydrogens (primary N) is 1. The first-order valence-corrected chi connectivity index (χ1v) is 9.00. The highest BCUT2D eigenvalue weighted by atomic mass is 32.1. The number of aryl methyl sites for hydroxylation is 1. The first kappa shape index (κ1) is 16.1. The summed E-state index contributed by atoms with van der Waals surface area (Å²) in [5, 5.41) is 9.04. The Hall–Kier alpha value is -1.73. The normalized spacial score (nSPS) is 21.3. The fourth-order valence-electron chi connectivity index (χ4n) is 2.83. The van der Waals surface area contributed by atoms with Crippen molar-refractivity contribution >= 4 is 17.2 Å². The number of thiophene rings is 1. The molecular weight excluding hydrogens is 312 g/mol. The third-order valence-corrected chi connectivity index (χ3v) is 5.01. The number of aromatic nitrogens is 2. The van der Waals surface area contributed by atoms with Crippen LogP contribution in [0, 0.1) is 0 Å². The molecule has 23 heavy (non-hydrogen) atoms. The van der Waals surface area contributed by atoms with Gasteiger partial charge in [0.05, 0.1) is 4.88 Å². The second kappa shape index (κ2) is 7.70. The number of nitrogens with zero attached hydrogens (tertiary/aromatic N) is 2. The van der Waals surface area contributed by atoms with Crippen LogP contribution in [0.4, 0.5) is 0 Å². The van der Waals surface area contributed by atoms with Gasteiger partial charge in [0, 0.05) is 24.9 Å². The standard InChI is InChI=1S/C16H22N4O2S/c17-11-6-8-12(9-7-11)18-14(21)4-1-5-15-19-16(20-22-15)13-3-2-10-23-13/h2-3,10-12H,1,4-9,17H2,(H,18,21). The lowest BCUT2D eigenvalue weighted by atomic mass is 9.92. The number of nitrogens with one attached hydrogen (secondary N) is 1. The van der Waals surface area contributed by atoms with Crippen molar-refractivity contribution < 1.29 is 9.32 Å². The first-order valence-electron chi connectivity index (χ1n) is 8.12. The maximum Gasteiger partial charge on any atom is 0.226 e. The van der Waals surface area contributed by atoms with Gasteiger partial charge in [0.1, 0.15) is 0 Å². The second-order valence-corrected chi connectivity index (χ2v) is 6.97. The van der Waals surface area contributed by atoms with Crippen LogP contribution in [0.15, 0.2) is 22.0 Å².